The molecule has 0 radical (unpaired) electrons. The molecule has 8 heavy (non-hydrogen) atoms. The zero-order chi connectivity index (χ0) is 6.57. The summed E-state index contributed by atoms with van der Waals surface area (Å²) in [5.74, 6) is 1.12. The number of amidine groups is 1. The first-order valence-electron chi connectivity index (χ1n) is 2.29. The molecule has 0 bridgehead atoms. The van der Waals surface area contributed by atoms with Crippen molar-refractivity contribution in [2.45, 2.75) is 13.3 Å². The fourth-order valence-electron chi connectivity index (χ4n) is 0.330. The van der Waals surface area contributed by atoms with E-state index in [0.29, 0.717) is 0 Å². The summed E-state index contributed by atoms with van der Waals surface area (Å²) in [6.45, 7) is 2.09. The van der Waals surface area contributed by atoms with E-state index in [0.717, 1.165) is 12.3 Å². The molecule has 0 aliphatic rings. The van der Waals surface area contributed by atoms with Crippen molar-refractivity contribution >= 4 is 51.6 Å². The first kappa shape index (κ1) is 8.93. The number of halogens is 2. The zero-order valence-electron chi connectivity index (χ0n) is 4.86. The highest BCUT2D eigenvalue weighted by atomic mass is 127. The molecule has 4 heteroatoms. The van der Waals surface area contributed by atoms with Crippen molar-refractivity contribution in [1.82, 2.24) is 3.11 Å². The Labute approximate surface area is 77.7 Å². The lowest BCUT2D eigenvalue weighted by molar-refractivity contribution is 0.875. The van der Waals surface area contributed by atoms with Crippen molar-refractivity contribution in [3.8, 4) is 0 Å². The Bertz CT molecular complexity index is 90.0. The summed E-state index contributed by atoms with van der Waals surface area (Å²) in [7, 11) is 1.99. The molecule has 0 spiro atoms. The largest absolute Gasteiger partial charge is 0.305 e. The van der Waals surface area contributed by atoms with E-state index in [1.165, 1.54) is 0 Å². The molecule has 0 aromatic rings. The minimum atomic E-state index is 1.00. The lowest BCUT2D eigenvalue weighted by Gasteiger charge is -2.08. The third-order valence-corrected chi connectivity index (χ3v) is 1.88. The maximum atomic E-state index is 4.01. The molecule has 0 aliphatic carbocycles. The number of nitrogens with zero attached hydrogens (tertiary/aromatic N) is 2. The van der Waals surface area contributed by atoms with Gasteiger partial charge in [-0.15, -0.1) is 0 Å². The van der Waals surface area contributed by atoms with E-state index < -0.39 is 0 Å². The van der Waals surface area contributed by atoms with E-state index in [2.05, 4.69) is 33.0 Å². The summed E-state index contributed by atoms with van der Waals surface area (Å²) < 4.78 is 6.00. The van der Waals surface area contributed by atoms with Crippen LogP contribution in [0.15, 0.2) is 3.21 Å². The maximum absolute atomic E-state index is 4.01. The van der Waals surface area contributed by atoms with Crippen molar-refractivity contribution in [2.24, 2.45) is 3.21 Å². The Hall–Kier alpha value is 0.930. The molecule has 0 heterocycles. The van der Waals surface area contributed by atoms with Gasteiger partial charge in [0.15, 0.2) is 0 Å². The van der Waals surface area contributed by atoms with Crippen molar-refractivity contribution < 1.29 is 0 Å². The molecule has 0 aliphatic heterocycles. The van der Waals surface area contributed by atoms with Gasteiger partial charge >= 0.3 is 0 Å². The maximum Gasteiger partial charge on any atom is 0.119 e. The summed E-state index contributed by atoms with van der Waals surface area (Å²) >= 11 is 4.21. The predicted molar refractivity (Wildman–Crippen MR) is 53.5 cm³/mol. The quantitative estimate of drug-likeness (QED) is 0.310. The third kappa shape index (κ3) is 3.06. The summed E-state index contributed by atoms with van der Waals surface area (Å²) in [6.07, 6.45) is 1.00. The Morgan fingerprint density at radius 3 is 2.25 bits per heavy atom. The molecule has 0 amide bonds. The molecule has 48 valence electrons. The molecule has 0 rings (SSSR count). The van der Waals surface area contributed by atoms with Gasteiger partial charge < -0.3 is 3.11 Å². The van der Waals surface area contributed by atoms with E-state index in [-0.39, 0.29) is 0 Å². The number of hydrogen-bond donors (Lipinski definition) is 0. The molecule has 0 saturated carbocycles. The average Bonchev–Trinajstić information content (AvgIpc) is 1.69. The predicted octanol–water partition coefficient (Wildman–Crippen LogP) is 2.43. The lowest BCUT2D eigenvalue weighted by atomic mass is 10.4. The van der Waals surface area contributed by atoms with Gasteiger partial charge in [0.2, 0.25) is 0 Å². The topological polar surface area (TPSA) is 15.6 Å². The van der Waals surface area contributed by atoms with Crippen LogP contribution in [-0.2, 0) is 0 Å². The van der Waals surface area contributed by atoms with Gasteiger partial charge in [-0.25, -0.2) is 3.21 Å². The van der Waals surface area contributed by atoms with Crippen LogP contribution in [0.3, 0.4) is 0 Å². The van der Waals surface area contributed by atoms with Crippen molar-refractivity contribution in [3.05, 3.63) is 0 Å². The normalized spacial score (nSPS) is 11.8. The summed E-state index contributed by atoms with van der Waals surface area (Å²) in [6, 6.07) is 0. The van der Waals surface area contributed by atoms with Gasteiger partial charge in [-0.3, -0.25) is 0 Å². The zero-order valence-corrected chi connectivity index (χ0v) is 9.17. The summed E-state index contributed by atoms with van der Waals surface area (Å²) in [5.41, 5.74) is 0. The van der Waals surface area contributed by atoms with Gasteiger partial charge in [-0.05, 0) is 0 Å². The first-order valence-corrected chi connectivity index (χ1v) is 4.22. The van der Waals surface area contributed by atoms with Gasteiger partial charge in [0.05, 0.1) is 45.7 Å². The Morgan fingerprint density at radius 1 is 1.75 bits per heavy atom. The SMILES string of the molecule is CCC(=NI)N(C)I. The summed E-state index contributed by atoms with van der Waals surface area (Å²) in [4.78, 5) is 0. The molecule has 0 fully saturated rings. The standard InChI is InChI=1S/C4H8I2N2/c1-3-4(7-5)8(2)6/h3H2,1-2H3. The average molecular weight is 338 g/mol. The van der Waals surface area contributed by atoms with Crippen LogP contribution in [0.2, 0.25) is 0 Å². The Balaban J connectivity index is 3.72. The van der Waals surface area contributed by atoms with Crippen molar-refractivity contribution in [3.63, 3.8) is 0 Å². The first-order chi connectivity index (χ1) is 3.72. The van der Waals surface area contributed by atoms with Crippen LogP contribution in [0.1, 0.15) is 13.3 Å². The number of hydrogen-bond acceptors (Lipinski definition) is 1. The van der Waals surface area contributed by atoms with E-state index in [4.69, 9.17) is 0 Å². The Morgan fingerprint density at radius 2 is 2.25 bits per heavy atom. The molecule has 2 nitrogen and oxygen atoms in total. The highest BCUT2D eigenvalue weighted by Crippen LogP contribution is 2.02. The van der Waals surface area contributed by atoms with Crippen LogP contribution in [0.25, 0.3) is 0 Å². The minimum Gasteiger partial charge on any atom is -0.305 e. The highest BCUT2D eigenvalue weighted by Gasteiger charge is 1.95. The fraction of sp³-hybridized carbons (Fsp3) is 0.750. The van der Waals surface area contributed by atoms with Crippen molar-refractivity contribution in [2.75, 3.05) is 7.05 Å². The van der Waals surface area contributed by atoms with Crippen LogP contribution < -0.4 is 0 Å². The Kier molecular flexibility index (Phi) is 5.33. The van der Waals surface area contributed by atoms with Gasteiger partial charge in [0.25, 0.3) is 0 Å². The second-order valence-electron chi connectivity index (χ2n) is 1.33. The molecule has 0 unspecified atom stereocenters. The summed E-state index contributed by atoms with van der Waals surface area (Å²) in [5, 5.41) is 0. The fourth-order valence-corrected chi connectivity index (χ4v) is 1.86. The highest BCUT2D eigenvalue weighted by molar-refractivity contribution is 14.1. The van der Waals surface area contributed by atoms with E-state index in [1.54, 1.807) is 0 Å². The molecule has 0 atom stereocenters. The molecular formula is C4H8I2N2. The van der Waals surface area contributed by atoms with Crippen LogP contribution in [0, 0.1) is 0 Å². The van der Waals surface area contributed by atoms with Gasteiger partial charge in [-0.2, -0.15) is 0 Å². The van der Waals surface area contributed by atoms with Gasteiger partial charge in [0.1, 0.15) is 5.84 Å². The van der Waals surface area contributed by atoms with Gasteiger partial charge in [-0.1, -0.05) is 6.92 Å². The van der Waals surface area contributed by atoms with Crippen LogP contribution >= 0.6 is 45.7 Å². The lowest BCUT2D eigenvalue weighted by Crippen LogP contribution is -2.12. The second kappa shape index (κ2) is 4.78. The molecule has 0 aromatic heterocycles. The smallest absolute Gasteiger partial charge is 0.119 e. The molecule has 0 aromatic carbocycles. The van der Waals surface area contributed by atoms with Gasteiger partial charge in [0, 0.05) is 13.5 Å². The minimum absolute atomic E-state index is 1.00. The second-order valence-corrected chi connectivity index (χ2v) is 3.26. The molecule has 0 saturated heterocycles. The molecule has 0 N–H and O–H groups in total. The number of rotatable bonds is 1. The third-order valence-electron chi connectivity index (χ3n) is 0.769. The van der Waals surface area contributed by atoms with E-state index in [9.17, 15) is 0 Å². The molecular weight excluding hydrogens is 330 g/mol. The monoisotopic (exact) mass is 338 g/mol. The van der Waals surface area contributed by atoms with Crippen molar-refractivity contribution in [1.29, 1.82) is 0 Å². The van der Waals surface area contributed by atoms with Crippen LogP contribution in [0.5, 0.6) is 0 Å². The van der Waals surface area contributed by atoms with Crippen LogP contribution in [0.4, 0.5) is 0 Å². The van der Waals surface area contributed by atoms with E-state index >= 15 is 0 Å². The van der Waals surface area contributed by atoms with E-state index in [1.807, 2.05) is 33.0 Å². The van der Waals surface area contributed by atoms with Crippen LogP contribution in [-0.4, -0.2) is 16.0 Å².